The fourth-order valence-corrected chi connectivity index (χ4v) is 3.71. The van der Waals surface area contributed by atoms with E-state index >= 15 is 0 Å². The Morgan fingerprint density at radius 1 is 1.11 bits per heavy atom. The Labute approximate surface area is 163 Å². The Morgan fingerprint density at radius 3 is 2.39 bits per heavy atom. The van der Waals surface area contributed by atoms with E-state index in [1.165, 1.54) is 12.1 Å². The first-order valence-corrected chi connectivity index (χ1v) is 8.78. The molecule has 0 aliphatic carbocycles. The average molecular weight is 397 g/mol. The molecule has 0 saturated heterocycles. The van der Waals surface area contributed by atoms with Crippen molar-refractivity contribution in [1.82, 2.24) is 4.57 Å². The number of nitriles is 2. The monoisotopic (exact) mass is 396 g/mol. The quantitative estimate of drug-likeness (QED) is 0.652. The lowest BCUT2D eigenvalue weighted by atomic mass is 9.96. The van der Waals surface area contributed by atoms with Crippen molar-refractivity contribution in [3.05, 3.63) is 63.2 Å². The predicted octanol–water partition coefficient (Wildman–Crippen LogP) is 4.36. The zero-order valence-electron chi connectivity index (χ0n) is 14.3. The SMILES string of the molecule is N#Cc1c(F)c(F)c(C#N)c2c1c(C(=O)c1ccc(Cl)cc1)c1n2CCCN1. The van der Waals surface area contributed by atoms with Crippen molar-refractivity contribution in [2.24, 2.45) is 0 Å². The van der Waals surface area contributed by atoms with Crippen LogP contribution in [0, 0.1) is 34.3 Å². The van der Waals surface area contributed by atoms with E-state index in [1.54, 1.807) is 28.8 Å². The smallest absolute Gasteiger partial charge is 0.197 e. The standard InChI is InChI=1S/C20H11ClF2N4O/c21-11-4-2-10(3-5-11)19(28)15-14-12(8-24)16(22)17(23)13(9-25)18(14)27-7-1-6-26-20(15)27/h2-5,26H,1,6-7H2. The highest BCUT2D eigenvalue weighted by molar-refractivity contribution is 6.31. The third-order valence-electron chi connectivity index (χ3n) is 4.79. The van der Waals surface area contributed by atoms with Gasteiger partial charge in [-0.1, -0.05) is 11.6 Å². The van der Waals surface area contributed by atoms with Gasteiger partial charge in [-0.15, -0.1) is 0 Å². The van der Waals surface area contributed by atoms with Gasteiger partial charge in [0.05, 0.1) is 11.1 Å². The molecule has 0 fully saturated rings. The summed E-state index contributed by atoms with van der Waals surface area (Å²) in [7, 11) is 0. The molecule has 28 heavy (non-hydrogen) atoms. The van der Waals surface area contributed by atoms with Crippen molar-refractivity contribution in [3.63, 3.8) is 0 Å². The summed E-state index contributed by atoms with van der Waals surface area (Å²) in [5.41, 5.74) is -0.736. The highest BCUT2D eigenvalue weighted by Gasteiger charge is 2.32. The number of ketones is 1. The zero-order valence-corrected chi connectivity index (χ0v) is 15.1. The maximum Gasteiger partial charge on any atom is 0.197 e. The third-order valence-corrected chi connectivity index (χ3v) is 5.04. The maximum atomic E-state index is 14.5. The Bertz CT molecular complexity index is 1230. The molecule has 1 aromatic heterocycles. The Morgan fingerprint density at radius 2 is 1.75 bits per heavy atom. The van der Waals surface area contributed by atoms with Gasteiger partial charge in [0.1, 0.15) is 29.1 Å². The number of nitrogens with zero attached hydrogens (tertiary/aromatic N) is 3. The Balaban J connectivity index is 2.16. The first-order valence-electron chi connectivity index (χ1n) is 8.41. The third kappa shape index (κ3) is 2.45. The molecule has 0 bridgehead atoms. The van der Waals surface area contributed by atoms with Gasteiger partial charge in [0, 0.05) is 29.1 Å². The first-order chi connectivity index (χ1) is 13.5. The molecule has 1 aliphatic heterocycles. The van der Waals surface area contributed by atoms with Gasteiger partial charge in [0.15, 0.2) is 17.4 Å². The topological polar surface area (TPSA) is 81.6 Å². The number of aryl methyl sites for hydroxylation is 1. The number of halogens is 3. The molecule has 0 unspecified atom stereocenters. The van der Waals surface area contributed by atoms with E-state index in [4.69, 9.17) is 11.6 Å². The van der Waals surface area contributed by atoms with E-state index in [1.807, 2.05) is 0 Å². The van der Waals surface area contributed by atoms with Gasteiger partial charge < -0.3 is 9.88 Å². The highest BCUT2D eigenvalue weighted by atomic mass is 35.5. The molecule has 2 aromatic carbocycles. The Hall–Kier alpha value is -3.42. The van der Waals surface area contributed by atoms with Crippen LogP contribution in [0.4, 0.5) is 14.6 Å². The lowest BCUT2D eigenvalue weighted by molar-refractivity contribution is 0.104. The second kappa shape index (κ2) is 6.63. The second-order valence-corrected chi connectivity index (χ2v) is 6.75. The van der Waals surface area contributed by atoms with E-state index < -0.39 is 28.5 Å². The summed E-state index contributed by atoms with van der Waals surface area (Å²) in [5.74, 6) is -2.95. The summed E-state index contributed by atoms with van der Waals surface area (Å²) in [4.78, 5) is 13.3. The van der Waals surface area contributed by atoms with E-state index in [0.717, 1.165) is 0 Å². The summed E-state index contributed by atoms with van der Waals surface area (Å²) in [5, 5.41) is 22.4. The number of aromatic nitrogens is 1. The normalized spacial score (nSPS) is 12.8. The lowest BCUT2D eigenvalue weighted by Gasteiger charge is -2.19. The van der Waals surface area contributed by atoms with E-state index in [2.05, 4.69) is 5.32 Å². The van der Waals surface area contributed by atoms with Gasteiger partial charge in [0.2, 0.25) is 0 Å². The van der Waals surface area contributed by atoms with Crippen LogP contribution in [-0.4, -0.2) is 16.9 Å². The van der Waals surface area contributed by atoms with Crippen LogP contribution in [0.2, 0.25) is 5.02 Å². The Kier molecular flexibility index (Phi) is 4.26. The largest absolute Gasteiger partial charge is 0.371 e. The van der Waals surface area contributed by atoms with Crippen molar-refractivity contribution in [2.45, 2.75) is 13.0 Å². The fourth-order valence-electron chi connectivity index (χ4n) is 3.58. The van der Waals surface area contributed by atoms with E-state index in [9.17, 15) is 24.1 Å². The summed E-state index contributed by atoms with van der Waals surface area (Å²) < 4.78 is 30.6. The molecule has 8 heteroatoms. The van der Waals surface area contributed by atoms with Gasteiger partial charge in [-0.05, 0) is 30.7 Å². The van der Waals surface area contributed by atoms with Crippen LogP contribution in [0.3, 0.4) is 0 Å². The molecule has 0 radical (unpaired) electrons. The molecule has 2 heterocycles. The number of carbonyl (C=O) groups is 1. The van der Waals surface area contributed by atoms with Crippen LogP contribution in [0.25, 0.3) is 10.9 Å². The van der Waals surface area contributed by atoms with Gasteiger partial charge in [-0.2, -0.15) is 10.5 Å². The molecule has 5 nitrogen and oxygen atoms in total. The number of anilines is 1. The molecule has 0 amide bonds. The molecule has 4 rings (SSSR count). The van der Waals surface area contributed by atoms with Crippen LogP contribution in [0.15, 0.2) is 24.3 Å². The molecule has 0 spiro atoms. The van der Waals surface area contributed by atoms with Gasteiger partial charge in [-0.3, -0.25) is 4.79 Å². The maximum absolute atomic E-state index is 14.5. The second-order valence-electron chi connectivity index (χ2n) is 6.32. The molecular weight excluding hydrogens is 386 g/mol. The van der Waals surface area contributed by atoms with Gasteiger partial charge in [0.25, 0.3) is 0 Å². The minimum Gasteiger partial charge on any atom is -0.371 e. The van der Waals surface area contributed by atoms with Crippen molar-refractivity contribution >= 4 is 34.1 Å². The average Bonchev–Trinajstić information content (AvgIpc) is 3.04. The van der Waals surface area contributed by atoms with Crippen LogP contribution >= 0.6 is 11.6 Å². The number of hydrogen-bond donors (Lipinski definition) is 1. The number of nitrogens with one attached hydrogen (secondary N) is 1. The molecule has 1 N–H and O–H groups in total. The van der Waals surface area contributed by atoms with Crippen LogP contribution < -0.4 is 5.32 Å². The fraction of sp³-hybridized carbons (Fsp3) is 0.150. The van der Waals surface area contributed by atoms with Crippen LogP contribution in [-0.2, 0) is 6.54 Å². The highest BCUT2D eigenvalue weighted by Crippen LogP contribution is 2.40. The molecular formula is C20H11ClF2N4O. The molecule has 0 atom stereocenters. The summed E-state index contributed by atoms with van der Waals surface area (Å²) in [6.07, 6.45) is 0.664. The number of benzene rings is 2. The predicted molar refractivity (Wildman–Crippen MR) is 99.3 cm³/mol. The van der Waals surface area contributed by atoms with Gasteiger partial charge >= 0.3 is 0 Å². The van der Waals surface area contributed by atoms with E-state index in [0.29, 0.717) is 30.4 Å². The van der Waals surface area contributed by atoms with Crippen molar-refractivity contribution in [1.29, 1.82) is 10.5 Å². The summed E-state index contributed by atoms with van der Waals surface area (Å²) in [6, 6.07) is 9.45. The summed E-state index contributed by atoms with van der Waals surface area (Å²) >= 11 is 5.88. The molecule has 138 valence electrons. The first kappa shape index (κ1) is 18.0. The van der Waals surface area contributed by atoms with Crippen molar-refractivity contribution < 1.29 is 13.6 Å². The van der Waals surface area contributed by atoms with Gasteiger partial charge in [-0.25, -0.2) is 8.78 Å². The number of carbonyl (C=O) groups excluding carboxylic acids is 1. The lowest BCUT2D eigenvalue weighted by Crippen LogP contribution is -2.19. The number of rotatable bonds is 2. The van der Waals surface area contributed by atoms with E-state index in [-0.39, 0.29) is 22.0 Å². The molecule has 3 aromatic rings. The van der Waals surface area contributed by atoms with Crippen LogP contribution in [0.1, 0.15) is 33.5 Å². The van der Waals surface area contributed by atoms with Crippen molar-refractivity contribution in [3.8, 4) is 12.1 Å². The van der Waals surface area contributed by atoms with Crippen molar-refractivity contribution in [2.75, 3.05) is 11.9 Å². The number of fused-ring (bicyclic) bond motifs is 3. The molecule has 0 saturated carbocycles. The number of hydrogen-bond acceptors (Lipinski definition) is 4. The minimum atomic E-state index is -1.43. The zero-order chi connectivity index (χ0) is 20.0. The molecule has 1 aliphatic rings. The van der Waals surface area contributed by atoms with Crippen LogP contribution in [0.5, 0.6) is 0 Å². The minimum absolute atomic E-state index is 0.0453. The summed E-state index contributed by atoms with van der Waals surface area (Å²) in [6.45, 7) is 0.948.